The Morgan fingerprint density at radius 2 is 1.89 bits per heavy atom. The van der Waals surface area contributed by atoms with Crippen LogP contribution in [0, 0.1) is 6.92 Å². The third kappa shape index (κ3) is 5.18. The van der Waals surface area contributed by atoms with Crippen molar-refractivity contribution in [2.45, 2.75) is 63.6 Å². The van der Waals surface area contributed by atoms with Crippen LogP contribution < -0.4 is 15.0 Å². The molecule has 1 saturated carbocycles. The van der Waals surface area contributed by atoms with E-state index in [1.54, 1.807) is 0 Å². The van der Waals surface area contributed by atoms with Gasteiger partial charge in [-0.05, 0) is 94.1 Å². The lowest BCUT2D eigenvalue weighted by atomic mass is 9.96. The van der Waals surface area contributed by atoms with Crippen molar-refractivity contribution < 1.29 is 9.53 Å². The van der Waals surface area contributed by atoms with Gasteiger partial charge in [-0.3, -0.25) is 9.78 Å². The molecule has 1 aromatic heterocycles. The molecule has 3 aromatic rings. The lowest BCUT2D eigenvalue weighted by Gasteiger charge is -2.48. The molecule has 0 bridgehead atoms. The summed E-state index contributed by atoms with van der Waals surface area (Å²) in [6.07, 6.45) is 7.08. The van der Waals surface area contributed by atoms with E-state index < -0.39 is 0 Å². The Balaban J connectivity index is 1.42. The van der Waals surface area contributed by atoms with Crippen molar-refractivity contribution in [1.29, 1.82) is 0 Å². The van der Waals surface area contributed by atoms with Crippen molar-refractivity contribution >= 4 is 32.7 Å². The van der Waals surface area contributed by atoms with E-state index in [4.69, 9.17) is 9.72 Å². The largest absolute Gasteiger partial charge is 0.492 e. The second-order valence-corrected chi connectivity index (χ2v) is 13.4. The van der Waals surface area contributed by atoms with Gasteiger partial charge in [0.1, 0.15) is 12.4 Å². The minimum atomic E-state index is -0.366. The lowest BCUT2D eigenvalue weighted by molar-refractivity contribution is 0.0408. The number of carbonyl (C=O) groups is 1. The third-order valence-electron chi connectivity index (χ3n) is 8.59. The zero-order chi connectivity index (χ0) is 26.9. The molecule has 1 N–H and O–H groups in total. The maximum Gasteiger partial charge on any atom is 0.252 e. The third-order valence-corrected chi connectivity index (χ3v) is 10.1. The number of hydrogen-bond acceptors (Lipinski definition) is 5. The average Bonchev–Trinajstić information content (AvgIpc) is 3.70. The first-order valence-electron chi connectivity index (χ1n) is 14.2. The Labute approximate surface area is 230 Å². The summed E-state index contributed by atoms with van der Waals surface area (Å²) >= 11 is 0. The average molecular weight is 531 g/mol. The van der Waals surface area contributed by atoms with Gasteiger partial charge in [0, 0.05) is 51.3 Å². The van der Waals surface area contributed by atoms with E-state index >= 15 is 0 Å². The molecule has 6 nitrogen and oxygen atoms in total. The van der Waals surface area contributed by atoms with Crippen LogP contribution in [0.3, 0.4) is 0 Å². The monoisotopic (exact) mass is 530 g/mol. The van der Waals surface area contributed by atoms with Crippen LogP contribution in [0.5, 0.6) is 5.75 Å². The summed E-state index contributed by atoms with van der Waals surface area (Å²) in [7, 11) is 3.23. The number of likely N-dealkylation sites (N-methyl/N-ethyl adjacent to an activating group) is 1. The van der Waals surface area contributed by atoms with E-state index in [1.165, 1.54) is 17.7 Å². The lowest BCUT2D eigenvalue weighted by Crippen LogP contribution is -2.61. The van der Waals surface area contributed by atoms with Gasteiger partial charge in [-0.1, -0.05) is 26.0 Å². The maximum absolute atomic E-state index is 13.7. The van der Waals surface area contributed by atoms with Crippen LogP contribution >= 0.6 is 0 Å². The molecule has 2 fully saturated rings. The van der Waals surface area contributed by atoms with Gasteiger partial charge in [0.2, 0.25) is 0 Å². The van der Waals surface area contributed by atoms with E-state index in [2.05, 4.69) is 54.2 Å². The van der Waals surface area contributed by atoms with Gasteiger partial charge < -0.3 is 19.9 Å². The maximum atomic E-state index is 13.7. The molecule has 2 aromatic carbocycles. The highest BCUT2D eigenvalue weighted by molar-refractivity contribution is 6.16. The number of carbonyl (C=O) groups excluding carboxylic acids is 1. The standard InChI is InChI=1S/C31H42N4O2Si/c1-5-15-35(16-6-2)23-18-27(25-8-7-14-32-28(25)19-23)30(11-12-30)33-29(36)26-20-24(10-9-22(26)3)37-21-31(38)13-17-34(31)4/h7-10,14,18-20H,5-6,11-13,15-17,21H2,1-4,38H3,(H,33,36)/t31-/m1/s1. The molecule has 5 rings (SSSR count). The van der Waals surface area contributed by atoms with Crippen LogP contribution in [-0.2, 0) is 5.54 Å². The van der Waals surface area contributed by atoms with Crippen LogP contribution in [0.15, 0.2) is 48.7 Å². The van der Waals surface area contributed by atoms with Crippen LogP contribution in [-0.4, -0.2) is 64.5 Å². The number of amides is 1. The normalized spacial score (nSPS) is 20.2. The first-order chi connectivity index (χ1) is 18.3. The van der Waals surface area contributed by atoms with Gasteiger partial charge in [0.15, 0.2) is 0 Å². The Morgan fingerprint density at radius 3 is 2.53 bits per heavy atom. The highest BCUT2D eigenvalue weighted by Crippen LogP contribution is 2.49. The number of benzene rings is 2. The number of aryl methyl sites for hydroxylation is 1. The van der Waals surface area contributed by atoms with Crippen LogP contribution in [0.4, 0.5) is 5.69 Å². The van der Waals surface area contributed by atoms with E-state index in [-0.39, 0.29) is 16.6 Å². The number of nitrogens with one attached hydrogen (secondary N) is 1. The van der Waals surface area contributed by atoms with Gasteiger partial charge in [-0.15, -0.1) is 0 Å². The summed E-state index contributed by atoms with van der Waals surface area (Å²) in [5.41, 5.74) is 4.65. The zero-order valence-electron chi connectivity index (χ0n) is 23.6. The van der Waals surface area contributed by atoms with Gasteiger partial charge in [0.05, 0.1) is 11.1 Å². The molecule has 1 saturated heterocycles. The van der Waals surface area contributed by atoms with Gasteiger partial charge in [-0.2, -0.15) is 0 Å². The summed E-state index contributed by atoms with van der Waals surface area (Å²) < 4.78 is 6.20. The molecule has 38 heavy (non-hydrogen) atoms. The first kappa shape index (κ1) is 26.7. The molecule has 2 heterocycles. The van der Waals surface area contributed by atoms with Crippen molar-refractivity contribution in [2.24, 2.45) is 0 Å². The molecule has 202 valence electrons. The summed E-state index contributed by atoms with van der Waals surface area (Å²) in [4.78, 5) is 23.3. The van der Waals surface area contributed by atoms with Crippen molar-refractivity contribution in [3.63, 3.8) is 0 Å². The highest BCUT2D eigenvalue weighted by atomic mass is 28.1. The van der Waals surface area contributed by atoms with Gasteiger partial charge >= 0.3 is 0 Å². The minimum absolute atomic E-state index is 0.0341. The topological polar surface area (TPSA) is 57.7 Å². The Hall–Kier alpha value is -2.90. The molecule has 0 spiro atoms. The Morgan fingerprint density at radius 1 is 1.13 bits per heavy atom. The molecule has 1 aliphatic carbocycles. The minimum Gasteiger partial charge on any atom is -0.492 e. The fourth-order valence-corrected chi connectivity index (χ4v) is 6.19. The number of anilines is 1. The molecule has 1 amide bonds. The second kappa shape index (κ2) is 10.7. The van der Waals surface area contributed by atoms with Crippen LogP contribution in [0.2, 0.25) is 0 Å². The molecule has 0 radical (unpaired) electrons. The number of aromatic nitrogens is 1. The number of rotatable bonds is 11. The van der Waals surface area contributed by atoms with Crippen molar-refractivity contribution in [3.05, 3.63) is 65.4 Å². The fourth-order valence-electron chi connectivity index (χ4n) is 5.60. The summed E-state index contributed by atoms with van der Waals surface area (Å²) in [5.74, 6) is 0.737. The summed E-state index contributed by atoms with van der Waals surface area (Å²) in [6, 6.07) is 14.5. The van der Waals surface area contributed by atoms with Gasteiger partial charge in [0.25, 0.3) is 5.91 Å². The van der Waals surface area contributed by atoms with Crippen LogP contribution in [0.25, 0.3) is 10.9 Å². The highest BCUT2D eigenvalue weighted by Gasteiger charge is 2.47. The predicted molar refractivity (Wildman–Crippen MR) is 160 cm³/mol. The van der Waals surface area contributed by atoms with Crippen molar-refractivity contribution in [2.75, 3.05) is 38.2 Å². The fraction of sp³-hybridized carbons (Fsp3) is 0.484. The van der Waals surface area contributed by atoms with Gasteiger partial charge in [-0.25, -0.2) is 0 Å². The molecule has 7 heteroatoms. The Bertz CT molecular complexity index is 1320. The SMILES string of the molecule is CCCN(CCC)c1cc(C2(NC(=O)c3cc(OC[C@]4([SiH3])CCN4C)ccc3C)CC2)c2cccnc2c1. The quantitative estimate of drug-likeness (QED) is 0.373. The van der Waals surface area contributed by atoms with E-state index in [0.717, 1.165) is 77.8 Å². The van der Waals surface area contributed by atoms with Crippen molar-refractivity contribution in [3.8, 4) is 5.75 Å². The number of ether oxygens (including phenoxy) is 1. The number of likely N-dealkylation sites (tertiary alicyclic amines) is 1. The molecular formula is C31H42N4O2Si. The smallest absolute Gasteiger partial charge is 0.252 e. The molecule has 1 aliphatic heterocycles. The molecule has 0 unspecified atom stereocenters. The van der Waals surface area contributed by atoms with E-state index in [9.17, 15) is 4.79 Å². The first-order valence-corrected chi connectivity index (χ1v) is 15.2. The van der Waals surface area contributed by atoms with E-state index in [0.29, 0.717) is 12.2 Å². The number of nitrogens with zero attached hydrogens (tertiary/aromatic N) is 3. The Kier molecular flexibility index (Phi) is 7.51. The number of hydrogen-bond donors (Lipinski definition) is 1. The molecular weight excluding hydrogens is 488 g/mol. The van der Waals surface area contributed by atoms with E-state index in [1.807, 2.05) is 37.4 Å². The zero-order valence-corrected chi connectivity index (χ0v) is 25.6. The van der Waals surface area contributed by atoms with Crippen molar-refractivity contribution in [1.82, 2.24) is 15.2 Å². The number of fused-ring (bicyclic) bond motifs is 1. The summed E-state index contributed by atoms with van der Waals surface area (Å²) in [5, 5.41) is 4.78. The molecule has 2 aliphatic rings. The number of pyridine rings is 1. The summed E-state index contributed by atoms with van der Waals surface area (Å²) in [6.45, 7) is 10.3. The molecule has 1 atom stereocenters. The van der Waals surface area contributed by atoms with Crippen LogP contribution in [0.1, 0.15) is 67.4 Å². The second-order valence-electron chi connectivity index (χ2n) is 11.5. The predicted octanol–water partition coefficient (Wildman–Crippen LogP) is 4.36.